The first-order valence-corrected chi connectivity index (χ1v) is 10.9. The van der Waals surface area contributed by atoms with Gasteiger partial charge in [-0.05, 0) is 67.6 Å². The van der Waals surface area contributed by atoms with Crippen LogP contribution in [0.4, 0.5) is 0 Å². The molecule has 1 N–H and O–H groups in total. The molecule has 0 bridgehead atoms. The van der Waals surface area contributed by atoms with Gasteiger partial charge in [0.1, 0.15) is 5.75 Å². The van der Waals surface area contributed by atoms with E-state index in [1.54, 1.807) is 23.9 Å². The van der Waals surface area contributed by atoms with E-state index in [1.807, 2.05) is 12.1 Å². The highest BCUT2D eigenvalue weighted by molar-refractivity contribution is 7.98. The van der Waals surface area contributed by atoms with E-state index >= 15 is 0 Å². The molecule has 29 heavy (non-hydrogen) atoms. The number of aliphatic hydroxyl groups excluding tert-OH is 1. The van der Waals surface area contributed by atoms with Gasteiger partial charge in [0.25, 0.3) is 0 Å². The molecule has 0 radical (unpaired) electrons. The molecule has 3 atom stereocenters. The zero-order chi connectivity index (χ0) is 20.8. The Kier molecular flexibility index (Phi) is 7.17. The monoisotopic (exact) mass is 407 g/mol. The van der Waals surface area contributed by atoms with Crippen LogP contribution < -0.4 is 4.74 Å². The molecule has 0 spiro atoms. The Balaban J connectivity index is 1.57. The van der Waals surface area contributed by atoms with Crippen molar-refractivity contribution in [2.75, 3.05) is 26.0 Å². The molecule has 1 heterocycles. The number of benzene rings is 2. The Morgan fingerprint density at radius 2 is 1.83 bits per heavy atom. The van der Waals surface area contributed by atoms with Crippen molar-refractivity contribution >= 4 is 11.8 Å². The molecule has 2 aromatic carbocycles. The number of nitrogens with zero attached hydrogens (tertiary/aromatic N) is 3. The fourth-order valence-corrected chi connectivity index (χ4v) is 4.19. The summed E-state index contributed by atoms with van der Waals surface area (Å²) < 4.78 is 5.97. The van der Waals surface area contributed by atoms with Crippen LogP contribution in [-0.4, -0.2) is 42.0 Å². The van der Waals surface area contributed by atoms with Gasteiger partial charge in [-0.25, -0.2) is 0 Å². The molecule has 0 aromatic heterocycles. The van der Waals surface area contributed by atoms with Crippen LogP contribution in [0, 0.1) is 28.6 Å². The van der Waals surface area contributed by atoms with Gasteiger partial charge < -0.3 is 9.84 Å². The molecule has 0 saturated carbocycles. The lowest BCUT2D eigenvalue weighted by Crippen LogP contribution is -2.32. The SMILES string of the molecule is CSc1ccc(OCC2CC(C)N(CC(O)c3cc(C#N)cc(C#N)c3)C2)cc1. The molecule has 1 saturated heterocycles. The second-order valence-corrected chi connectivity index (χ2v) is 8.35. The summed E-state index contributed by atoms with van der Waals surface area (Å²) in [6.07, 6.45) is 2.32. The lowest BCUT2D eigenvalue weighted by Gasteiger charge is -2.24. The molecule has 3 unspecified atom stereocenters. The fraction of sp³-hybridized carbons (Fsp3) is 0.391. The van der Waals surface area contributed by atoms with Gasteiger partial charge in [-0.1, -0.05) is 0 Å². The van der Waals surface area contributed by atoms with Crippen LogP contribution in [-0.2, 0) is 0 Å². The number of ether oxygens (including phenoxy) is 1. The van der Waals surface area contributed by atoms with Crippen LogP contribution in [0.15, 0.2) is 47.4 Å². The summed E-state index contributed by atoms with van der Waals surface area (Å²) in [6, 6.07) is 17.4. The molecule has 5 nitrogen and oxygen atoms in total. The van der Waals surface area contributed by atoms with E-state index in [0.717, 1.165) is 18.7 Å². The normalized spacial score (nSPS) is 20.0. The Morgan fingerprint density at radius 3 is 2.41 bits per heavy atom. The van der Waals surface area contributed by atoms with Gasteiger partial charge in [0, 0.05) is 29.9 Å². The summed E-state index contributed by atoms with van der Waals surface area (Å²) in [5.41, 5.74) is 1.40. The largest absolute Gasteiger partial charge is 0.493 e. The van der Waals surface area contributed by atoms with Crippen LogP contribution in [0.25, 0.3) is 0 Å². The number of hydrogen-bond acceptors (Lipinski definition) is 6. The average Bonchev–Trinajstić information content (AvgIpc) is 3.11. The molecule has 1 aliphatic rings. The van der Waals surface area contributed by atoms with Gasteiger partial charge in [-0.2, -0.15) is 10.5 Å². The molecule has 6 heteroatoms. The van der Waals surface area contributed by atoms with E-state index in [1.165, 1.54) is 11.0 Å². The van der Waals surface area contributed by atoms with E-state index in [9.17, 15) is 5.11 Å². The van der Waals surface area contributed by atoms with Crippen molar-refractivity contribution < 1.29 is 9.84 Å². The Hall–Kier alpha value is -2.51. The molecule has 1 aliphatic heterocycles. The number of aliphatic hydroxyl groups is 1. The summed E-state index contributed by atoms with van der Waals surface area (Å²) in [7, 11) is 0. The third-order valence-electron chi connectivity index (χ3n) is 5.34. The number of thioether (sulfide) groups is 1. The molecule has 1 fully saturated rings. The standard InChI is InChI=1S/C23H25N3O2S/c1-16-7-19(15-28-21-3-5-22(29-2)6-4-21)13-26(16)14-23(27)20-9-17(11-24)8-18(10-20)12-25/h3-6,8-10,16,19,23,27H,7,13-15H2,1-2H3. The summed E-state index contributed by atoms with van der Waals surface area (Å²) in [5.74, 6) is 1.28. The highest BCUT2D eigenvalue weighted by Gasteiger charge is 2.31. The van der Waals surface area contributed by atoms with Crippen molar-refractivity contribution in [3.05, 3.63) is 59.2 Å². The van der Waals surface area contributed by atoms with Gasteiger partial charge in [-0.15, -0.1) is 11.8 Å². The first-order valence-electron chi connectivity index (χ1n) is 9.66. The second kappa shape index (κ2) is 9.80. The molecule has 3 rings (SSSR count). The predicted molar refractivity (Wildman–Crippen MR) is 114 cm³/mol. The molecular formula is C23H25N3O2S. The molecule has 0 amide bonds. The number of rotatable bonds is 7. The summed E-state index contributed by atoms with van der Waals surface area (Å²) >= 11 is 1.71. The minimum atomic E-state index is -0.739. The zero-order valence-corrected chi connectivity index (χ0v) is 17.5. The molecule has 2 aromatic rings. The zero-order valence-electron chi connectivity index (χ0n) is 16.7. The van der Waals surface area contributed by atoms with Crippen molar-refractivity contribution in [2.45, 2.75) is 30.4 Å². The van der Waals surface area contributed by atoms with Crippen molar-refractivity contribution in [1.82, 2.24) is 4.90 Å². The van der Waals surface area contributed by atoms with Gasteiger partial charge >= 0.3 is 0 Å². The lowest BCUT2D eigenvalue weighted by atomic mass is 10.0. The average molecular weight is 408 g/mol. The highest BCUT2D eigenvalue weighted by Crippen LogP contribution is 2.28. The Bertz CT molecular complexity index is 885. The number of nitriles is 2. The number of β-amino-alcohol motifs (C(OH)–C–C–N with tert-alkyl or cyclic N) is 1. The Morgan fingerprint density at radius 1 is 1.17 bits per heavy atom. The van der Waals surface area contributed by atoms with Gasteiger partial charge in [0.15, 0.2) is 0 Å². The van der Waals surface area contributed by atoms with Crippen LogP contribution in [0.1, 0.15) is 36.1 Å². The maximum absolute atomic E-state index is 10.7. The summed E-state index contributed by atoms with van der Waals surface area (Å²) in [6.45, 7) is 4.13. The summed E-state index contributed by atoms with van der Waals surface area (Å²) in [4.78, 5) is 3.47. The third-order valence-corrected chi connectivity index (χ3v) is 6.08. The lowest BCUT2D eigenvalue weighted by molar-refractivity contribution is 0.107. The van der Waals surface area contributed by atoms with Gasteiger partial charge in [0.2, 0.25) is 0 Å². The van der Waals surface area contributed by atoms with Crippen molar-refractivity contribution in [2.24, 2.45) is 5.92 Å². The van der Waals surface area contributed by atoms with Crippen LogP contribution in [0.2, 0.25) is 0 Å². The fourth-order valence-electron chi connectivity index (χ4n) is 3.78. The topological polar surface area (TPSA) is 80.3 Å². The maximum Gasteiger partial charge on any atom is 0.119 e. The van der Waals surface area contributed by atoms with Crippen molar-refractivity contribution in [3.63, 3.8) is 0 Å². The Labute approximate surface area is 176 Å². The van der Waals surface area contributed by atoms with Gasteiger partial charge in [0.05, 0.1) is 36.0 Å². The van der Waals surface area contributed by atoms with E-state index in [-0.39, 0.29) is 0 Å². The van der Waals surface area contributed by atoms with Crippen molar-refractivity contribution in [3.8, 4) is 17.9 Å². The third kappa shape index (κ3) is 5.52. The maximum atomic E-state index is 10.7. The van der Waals surface area contributed by atoms with Crippen molar-refractivity contribution in [1.29, 1.82) is 10.5 Å². The van der Waals surface area contributed by atoms with Crippen LogP contribution in [0.5, 0.6) is 5.75 Å². The van der Waals surface area contributed by atoms with Crippen LogP contribution in [0.3, 0.4) is 0 Å². The van der Waals surface area contributed by atoms with E-state index in [2.05, 4.69) is 42.4 Å². The van der Waals surface area contributed by atoms with E-state index in [0.29, 0.717) is 41.8 Å². The van der Waals surface area contributed by atoms with Crippen LogP contribution >= 0.6 is 11.8 Å². The van der Waals surface area contributed by atoms with Gasteiger partial charge in [-0.3, -0.25) is 4.90 Å². The number of likely N-dealkylation sites (tertiary alicyclic amines) is 1. The predicted octanol–water partition coefficient (Wildman–Crippen LogP) is 3.97. The summed E-state index contributed by atoms with van der Waals surface area (Å²) in [5, 5.41) is 29.0. The smallest absolute Gasteiger partial charge is 0.119 e. The minimum Gasteiger partial charge on any atom is -0.493 e. The molecular weight excluding hydrogens is 382 g/mol. The first kappa shape index (κ1) is 21.2. The van der Waals surface area contributed by atoms with E-state index < -0.39 is 6.10 Å². The highest BCUT2D eigenvalue weighted by atomic mass is 32.2. The minimum absolute atomic E-state index is 0.340. The van der Waals surface area contributed by atoms with E-state index in [4.69, 9.17) is 15.3 Å². The second-order valence-electron chi connectivity index (χ2n) is 7.47. The molecule has 0 aliphatic carbocycles. The number of hydrogen-bond donors (Lipinski definition) is 1. The molecule has 150 valence electrons. The first-order chi connectivity index (χ1) is 14.0. The quantitative estimate of drug-likeness (QED) is 0.700.